The number of aryl methyl sites for hydroxylation is 2. The van der Waals surface area contributed by atoms with E-state index in [-0.39, 0.29) is 30.2 Å². The molecule has 10 heteroatoms. The van der Waals surface area contributed by atoms with E-state index < -0.39 is 24.0 Å². The van der Waals surface area contributed by atoms with Crippen LogP contribution in [0, 0.1) is 13.8 Å². The number of ether oxygens (including phenoxy) is 2. The van der Waals surface area contributed by atoms with Crippen LogP contribution < -0.4 is 10.6 Å². The van der Waals surface area contributed by atoms with E-state index in [1.807, 2.05) is 19.9 Å². The molecule has 1 atom stereocenters. The van der Waals surface area contributed by atoms with Crippen molar-refractivity contribution in [2.75, 3.05) is 19.0 Å². The van der Waals surface area contributed by atoms with Gasteiger partial charge in [0, 0.05) is 11.4 Å². The third-order valence-electron chi connectivity index (χ3n) is 3.52. The van der Waals surface area contributed by atoms with Gasteiger partial charge in [-0.05, 0) is 33.8 Å². The Labute approximate surface area is 161 Å². The number of rotatable bonds is 7. The van der Waals surface area contributed by atoms with Crippen LogP contribution in [-0.4, -0.2) is 52.9 Å². The zero-order valence-electron chi connectivity index (χ0n) is 15.6. The van der Waals surface area contributed by atoms with E-state index >= 15 is 0 Å². The molecule has 1 aliphatic rings. The van der Waals surface area contributed by atoms with Gasteiger partial charge in [-0.2, -0.15) is 0 Å². The van der Waals surface area contributed by atoms with Crippen molar-refractivity contribution in [3.8, 4) is 0 Å². The predicted octanol–water partition coefficient (Wildman–Crippen LogP) is 1.25. The lowest BCUT2D eigenvalue weighted by atomic mass is 10.0. The van der Waals surface area contributed by atoms with Gasteiger partial charge in [-0.1, -0.05) is 11.8 Å². The van der Waals surface area contributed by atoms with E-state index in [1.54, 1.807) is 13.8 Å². The molecule has 1 aliphatic heterocycles. The molecular weight excluding hydrogens is 372 g/mol. The molecule has 27 heavy (non-hydrogen) atoms. The zero-order valence-corrected chi connectivity index (χ0v) is 16.4. The van der Waals surface area contributed by atoms with Crippen LogP contribution >= 0.6 is 11.8 Å². The minimum Gasteiger partial charge on any atom is -0.463 e. The van der Waals surface area contributed by atoms with Gasteiger partial charge < -0.3 is 20.1 Å². The van der Waals surface area contributed by atoms with Gasteiger partial charge in [-0.15, -0.1) is 0 Å². The molecule has 0 unspecified atom stereocenters. The molecular formula is C17H22N4O5S. The Hall–Kier alpha value is -2.62. The van der Waals surface area contributed by atoms with Gasteiger partial charge in [0.05, 0.1) is 29.7 Å². The van der Waals surface area contributed by atoms with Crippen molar-refractivity contribution in [1.29, 1.82) is 0 Å². The number of carbonyl (C=O) groups is 3. The van der Waals surface area contributed by atoms with Crippen molar-refractivity contribution in [1.82, 2.24) is 20.6 Å². The van der Waals surface area contributed by atoms with Crippen LogP contribution in [0.15, 0.2) is 22.5 Å². The van der Waals surface area contributed by atoms with Crippen molar-refractivity contribution in [2.24, 2.45) is 0 Å². The molecule has 0 spiro atoms. The summed E-state index contributed by atoms with van der Waals surface area (Å²) in [6, 6.07) is 0.816. The molecule has 0 fully saturated rings. The molecule has 0 aromatic carbocycles. The van der Waals surface area contributed by atoms with Crippen LogP contribution in [0.2, 0.25) is 0 Å². The van der Waals surface area contributed by atoms with Gasteiger partial charge in [-0.3, -0.25) is 4.79 Å². The number of nitrogens with zero attached hydrogens (tertiary/aromatic N) is 2. The molecule has 0 saturated carbocycles. The highest BCUT2D eigenvalue weighted by atomic mass is 32.2. The molecule has 0 bridgehead atoms. The number of aromatic nitrogens is 2. The van der Waals surface area contributed by atoms with Crippen molar-refractivity contribution < 1.29 is 23.9 Å². The first-order valence-electron chi connectivity index (χ1n) is 8.38. The average Bonchev–Trinajstić information content (AvgIpc) is 2.57. The van der Waals surface area contributed by atoms with Gasteiger partial charge in [0.25, 0.3) is 0 Å². The topological polar surface area (TPSA) is 120 Å². The Balaban J connectivity index is 1.99. The SMILES string of the molecule is CCOC(=O)C1=C(COC(=O)CSc2nc(C)cc(C)n2)NC(=O)N[C@H]1C. The monoisotopic (exact) mass is 394 g/mol. The van der Waals surface area contributed by atoms with Gasteiger partial charge in [0.1, 0.15) is 6.61 Å². The quantitative estimate of drug-likeness (QED) is 0.403. The van der Waals surface area contributed by atoms with Crippen molar-refractivity contribution in [3.63, 3.8) is 0 Å². The van der Waals surface area contributed by atoms with Gasteiger partial charge in [0.2, 0.25) is 0 Å². The standard InChI is InChI=1S/C17H22N4O5S/c1-5-25-15(23)14-11(4)20-16(24)21-12(14)7-26-13(22)8-27-17-18-9(2)6-10(3)19-17/h6,11H,5,7-8H2,1-4H3,(H2,20,21,24)/t11-/m0/s1. The van der Waals surface area contributed by atoms with Crippen molar-refractivity contribution in [2.45, 2.75) is 38.9 Å². The second-order valence-corrected chi connectivity index (χ2v) is 6.76. The third kappa shape index (κ3) is 5.95. The summed E-state index contributed by atoms with van der Waals surface area (Å²) in [5, 5.41) is 5.56. The van der Waals surface area contributed by atoms with E-state index in [0.29, 0.717) is 5.16 Å². The zero-order chi connectivity index (χ0) is 20.0. The summed E-state index contributed by atoms with van der Waals surface area (Å²) in [4.78, 5) is 44.3. The van der Waals surface area contributed by atoms with Gasteiger partial charge in [-0.25, -0.2) is 19.6 Å². The number of hydrogen-bond donors (Lipinski definition) is 2. The largest absolute Gasteiger partial charge is 0.463 e. The van der Waals surface area contributed by atoms with E-state index in [2.05, 4.69) is 20.6 Å². The molecule has 1 aromatic rings. The van der Waals surface area contributed by atoms with Crippen LogP contribution in [0.5, 0.6) is 0 Å². The molecule has 2 amide bonds. The highest BCUT2D eigenvalue weighted by molar-refractivity contribution is 7.99. The molecule has 0 saturated heterocycles. The number of carbonyl (C=O) groups excluding carboxylic acids is 3. The first-order chi connectivity index (χ1) is 12.8. The lowest BCUT2D eigenvalue weighted by molar-refractivity contribution is -0.141. The summed E-state index contributed by atoms with van der Waals surface area (Å²) in [5.41, 5.74) is 2.07. The first kappa shape index (κ1) is 20.7. The number of hydrogen-bond acceptors (Lipinski definition) is 8. The molecule has 0 radical (unpaired) electrons. The van der Waals surface area contributed by atoms with Crippen molar-refractivity contribution in [3.05, 3.63) is 28.7 Å². The Bertz CT molecular complexity index is 760. The molecule has 2 N–H and O–H groups in total. The van der Waals surface area contributed by atoms with Gasteiger partial charge >= 0.3 is 18.0 Å². The average molecular weight is 394 g/mol. The van der Waals surface area contributed by atoms with E-state index in [9.17, 15) is 14.4 Å². The predicted molar refractivity (Wildman–Crippen MR) is 98.0 cm³/mol. The molecule has 2 heterocycles. The number of amides is 2. The second kappa shape index (κ2) is 9.36. The third-order valence-corrected chi connectivity index (χ3v) is 4.34. The Morgan fingerprint density at radius 1 is 1.22 bits per heavy atom. The van der Waals surface area contributed by atoms with Crippen LogP contribution in [0.3, 0.4) is 0 Å². The maximum absolute atomic E-state index is 12.1. The highest BCUT2D eigenvalue weighted by Gasteiger charge is 2.30. The number of thioether (sulfide) groups is 1. The number of nitrogens with one attached hydrogen (secondary N) is 2. The van der Waals surface area contributed by atoms with Crippen molar-refractivity contribution >= 4 is 29.7 Å². The molecule has 1 aromatic heterocycles. The summed E-state index contributed by atoms with van der Waals surface area (Å²) >= 11 is 1.16. The van der Waals surface area contributed by atoms with E-state index in [4.69, 9.17) is 9.47 Å². The number of urea groups is 1. The lowest BCUT2D eigenvalue weighted by Crippen LogP contribution is -2.50. The van der Waals surface area contributed by atoms with Crippen LogP contribution in [0.25, 0.3) is 0 Å². The van der Waals surface area contributed by atoms with E-state index in [1.165, 1.54) is 0 Å². The fourth-order valence-electron chi connectivity index (χ4n) is 2.47. The Morgan fingerprint density at radius 3 is 2.52 bits per heavy atom. The number of esters is 2. The highest BCUT2D eigenvalue weighted by Crippen LogP contribution is 2.17. The van der Waals surface area contributed by atoms with Crippen LogP contribution in [-0.2, 0) is 19.1 Å². The summed E-state index contributed by atoms with van der Waals surface area (Å²) in [5.74, 6) is -1.08. The smallest absolute Gasteiger partial charge is 0.338 e. The Morgan fingerprint density at radius 2 is 1.89 bits per heavy atom. The minimum atomic E-state index is -0.568. The lowest BCUT2D eigenvalue weighted by Gasteiger charge is -2.26. The molecule has 9 nitrogen and oxygen atoms in total. The fraction of sp³-hybridized carbons (Fsp3) is 0.471. The van der Waals surface area contributed by atoms with Gasteiger partial charge in [0.15, 0.2) is 5.16 Å². The first-order valence-corrected chi connectivity index (χ1v) is 9.37. The fourth-order valence-corrected chi connectivity index (χ4v) is 3.22. The molecule has 146 valence electrons. The maximum Gasteiger partial charge on any atom is 0.338 e. The summed E-state index contributed by atoms with van der Waals surface area (Å²) in [7, 11) is 0. The van der Waals surface area contributed by atoms with Crippen LogP contribution in [0.1, 0.15) is 25.2 Å². The maximum atomic E-state index is 12.1. The summed E-state index contributed by atoms with van der Waals surface area (Å²) < 4.78 is 10.2. The molecule has 0 aliphatic carbocycles. The summed E-state index contributed by atoms with van der Waals surface area (Å²) in [6.07, 6.45) is 0. The second-order valence-electron chi connectivity index (χ2n) is 5.82. The Kier molecular flexibility index (Phi) is 7.17. The minimum absolute atomic E-state index is 0.00661. The normalized spacial score (nSPS) is 16.4. The molecule has 2 rings (SSSR count). The van der Waals surface area contributed by atoms with Crippen LogP contribution in [0.4, 0.5) is 4.79 Å². The summed E-state index contributed by atoms with van der Waals surface area (Å²) in [6.45, 7) is 6.99. The van der Waals surface area contributed by atoms with E-state index in [0.717, 1.165) is 23.1 Å².